The quantitative estimate of drug-likeness (QED) is 0.576. The van der Waals surface area contributed by atoms with Crippen LogP contribution in [0.5, 0.6) is 0 Å². The van der Waals surface area contributed by atoms with E-state index in [0.717, 1.165) is 12.8 Å². The molecule has 4 atom stereocenters. The minimum absolute atomic E-state index is 0.111. The van der Waals surface area contributed by atoms with Crippen molar-refractivity contribution < 1.29 is 15.0 Å². The molecule has 2 fully saturated rings. The molecule has 0 radical (unpaired) electrons. The van der Waals surface area contributed by atoms with Gasteiger partial charge in [0, 0.05) is 13.1 Å². The van der Waals surface area contributed by atoms with Gasteiger partial charge in [0.05, 0.1) is 17.7 Å². The molecule has 4 N–H and O–H groups in total. The van der Waals surface area contributed by atoms with Gasteiger partial charge in [0.25, 0.3) is 0 Å². The lowest BCUT2D eigenvalue weighted by atomic mass is 9.76. The summed E-state index contributed by atoms with van der Waals surface area (Å²) in [6, 6.07) is 0. The zero-order chi connectivity index (χ0) is 12.6. The molecule has 17 heavy (non-hydrogen) atoms. The minimum atomic E-state index is -0.830. The third-order valence-corrected chi connectivity index (χ3v) is 4.00. The Balaban J connectivity index is 2.04. The number of amides is 1. The Morgan fingerprint density at radius 1 is 1.35 bits per heavy atom. The van der Waals surface area contributed by atoms with Gasteiger partial charge in [-0.3, -0.25) is 4.79 Å². The van der Waals surface area contributed by atoms with Crippen molar-refractivity contribution in [3.63, 3.8) is 0 Å². The number of hydrogen-bond acceptors (Lipinski definition) is 4. The number of hydrogen-bond donors (Lipinski definition) is 3. The Morgan fingerprint density at radius 2 is 1.94 bits per heavy atom. The van der Waals surface area contributed by atoms with Crippen LogP contribution in [0.1, 0.15) is 32.6 Å². The van der Waals surface area contributed by atoms with Crippen molar-refractivity contribution in [1.29, 1.82) is 0 Å². The molecular weight excluding hydrogens is 220 g/mol. The molecule has 5 heteroatoms. The van der Waals surface area contributed by atoms with Gasteiger partial charge in [0.2, 0.25) is 5.91 Å². The van der Waals surface area contributed by atoms with E-state index in [2.05, 4.69) is 6.92 Å². The molecule has 0 aromatic heterocycles. The normalized spacial score (nSPS) is 42.8. The SMILES string of the molecule is CC1CCCC(N)(C(=O)N2C[C@@H](O)[C@@H](O)C2)C1. The molecule has 0 bridgehead atoms. The summed E-state index contributed by atoms with van der Waals surface area (Å²) in [4.78, 5) is 13.8. The van der Waals surface area contributed by atoms with Crippen LogP contribution in [0, 0.1) is 5.92 Å². The van der Waals surface area contributed by atoms with Crippen LogP contribution in [0.4, 0.5) is 0 Å². The van der Waals surface area contributed by atoms with Gasteiger partial charge in [0.15, 0.2) is 0 Å². The molecule has 1 heterocycles. The molecule has 1 aliphatic carbocycles. The first-order valence-corrected chi connectivity index (χ1v) is 6.37. The topological polar surface area (TPSA) is 86.8 Å². The largest absolute Gasteiger partial charge is 0.388 e. The van der Waals surface area contributed by atoms with Crippen LogP contribution in [-0.2, 0) is 4.79 Å². The number of nitrogens with two attached hydrogens (primary N) is 1. The predicted octanol–water partition coefficient (Wildman–Crippen LogP) is -0.542. The number of carbonyl (C=O) groups excluding carboxylic acids is 1. The highest BCUT2D eigenvalue weighted by Crippen LogP contribution is 2.32. The van der Waals surface area contributed by atoms with Gasteiger partial charge in [0.1, 0.15) is 0 Å². The lowest BCUT2D eigenvalue weighted by molar-refractivity contribution is -0.138. The predicted molar refractivity (Wildman–Crippen MR) is 63.1 cm³/mol. The summed E-state index contributed by atoms with van der Waals surface area (Å²) in [6.45, 7) is 2.52. The van der Waals surface area contributed by atoms with Gasteiger partial charge in [-0.1, -0.05) is 19.8 Å². The second-order valence-corrected chi connectivity index (χ2v) is 5.70. The molecule has 2 aliphatic rings. The number of aliphatic hydroxyl groups is 2. The summed E-state index contributed by atoms with van der Waals surface area (Å²) in [6.07, 6.45) is 1.85. The van der Waals surface area contributed by atoms with Crippen LogP contribution < -0.4 is 5.73 Å². The molecule has 0 spiro atoms. The van der Waals surface area contributed by atoms with E-state index in [1.165, 1.54) is 4.90 Å². The molecule has 98 valence electrons. The highest BCUT2D eigenvalue weighted by Gasteiger charge is 2.44. The van der Waals surface area contributed by atoms with E-state index in [4.69, 9.17) is 5.73 Å². The van der Waals surface area contributed by atoms with Crippen LogP contribution in [0.2, 0.25) is 0 Å². The van der Waals surface area contributed by atoms with Crippen LogP contribution in [0.15, 0.2) is 0 Å². The van der Waals surface area contributed by atoms with Crippen molar-refractivity contribution in [1.82, 2.24) is 4.90 Å². The molecule has 2 unspecified atom stereocenters. The second kappa shape index (κ2) is 4.55. The minimum Gasteiger partial charge on any atom is -0.388 e. The summed E-state index contributed by atoms with van der Waals surface area (Å²) in [5, 5.41) is 18.9. The summed E-state index contributed by atoms with van der Waals surface area (Å²) >= 11 is 0. The standard InChI is InChI=1S/C12H22N2O3/c1-8-3-2-4-12(13,5-8)11(17)14-6-9(15)10(16)7-14/h8-10,15-16H,2-7,13H2,1H3/t8?,9-,10+,12?. The number of carbonyl (C=O) groups is 1. The number of likely N-dealkylation sites (tertiary alicyclic amines) is 1. The van der Waals surface area contributed by atoms with Crippen LogP contribution in [0.3, 0.4) is 0 Å². The second-order valence-electron chi connectivity index (χ2n) is 5.70. The lowest BCUT2D eigenvalue weighted by Gasteiger charge is -2.37. The highest BCUT2D eigenvalue weighted by molar-refractivity contribution is 5.86. The number of rotatable bonds is 1. The molecule has 0 aromatic carbocycles. The smallest absolute Gasteiger partial charge is 0.242 e. The molecule has 1 saturated heterocycles. The maximum absolute atomic E-state index is 12.3. The van der Waals surface area contributed by atoms with Crippen molar-refractivity contribution >= 4 is 5.91 Å². The fourth-order valence-corrected chi connectivity index (χ4v) is 3.04. The van der Waals surface area contributed by atoms with E-state index in [-0.39, 0.29) is 19.0 Å². The molecule has 2 rings (SSSR count). The number of aliphatic hydroxyl groups excluding tert-OH is 2. The van der Waals surface area contributed by atoms with Crippen LogP contribution in [0.25, 0.3) is 0 Å². The van der Waals surface area contributed by atoms with Gasteiger partial charge >= 0.3 is 0 Å². The van der Waals surface area contributed by atoms with Gasteiger partial charge in [-0.15, -0.1) is 0 Å². The van der Waals surface area contributed by atoms with Crippen molar-refractivity contribution in [3.8, 4) is 0 Å². The Bertz CT molecular complexity index is 300. The van der Waals surface area contributed by atoms with Crippen LogP contribution in [-0.4, -0.2) is 51.9 Å². The maximum Gasteiger partial charge on any atom is 0.242 e. The maximum atomic E-state index is 12.3. The van der Waals surface area contributed by atoms with E-state index in [0.29, 0.717) is 18.8 Å². The zero-order valence-electron chi connectivity index (χ0n) is 10.3. The van der Waals surface area contributed by atoms with Crippen molar-refractivity contribution in [2.24, 2.45) is 11.7 Å². The third-order valence-electron chi connectivity index (χ3n) is 4.00. The molecule has 0 aromatic rings. The van der Waals surface area contributed by atoms with E-state index in [1.807, 2.05) is 0 Å². The Morgan fingerprint density at radius 3 is 2.47 bits per heavy atom. The third kappa shape index (κ3) is 2.46. The monoisotopic (exact) mass is 242 g/mol. The average Bonchev–Trinajstić information content (AvgIpc) is 2.58. The fraction of sp³-hybridized carbons (Fsp3) is 0.917. The molecule has 1 amide bonds. The summed E-state index contributed by atoms with van der Waals surface area (Å²) in [5.74, 6) is 0.356. The number of nitrogens with zero attached hydrogens (tertiary/aromatic N) is 1. The summed E-state index contributed by atoms with van der Waals surface area (Å²) in [7, 11) is 0. The van der Waals surface area contributed by atoms with Crippen molar-refractivity contribution in [2.75, 3.05) is 13.1 Å². The summed E-state index contributed by atoms with van der Waals surface area (Å²) < 4.78 is 0. The van der Waals surface area contributed by atoms with Crippen molar-refractivity contribution in [3.05, 3.63) is 0 Å². The van der Waals surface area contributed by atoms with Crippen molar-refractivity contribution in [2.45, 2.75) is 50.4 Å². The summed E-state index contributed by atoms with van der Waals surface area (Å²) in [5.41, 5.74) is 5.42. The molecule has 1 aliphatic heterocycles. The van der Waals surface area contributed by atoms with E-state index in [1.54, 1.807) is 0 Å². The van der Waals surface area contributed by atoms with E-state index < -0.39 is 17.7 Å². The fourth-order valence-electron chi connectivity index (χ4n) is 3.04. The Labute approximate surface area is 102 Å². The van der Waals surface area contributed by atoms with E-state index >= 15 is 0 Å². The lowest BCUT2D eigenvalue weighted by Crippen LogP contribution is -2.57. The average molecular weight is 242 g/mol. The number of β-amino-alcohol motifs (C(OH)–C–C–N with tert-alkyl or cyclic N) is 2. The van der Waals surface area contributed by atoms with Gasteiger partial charge in [-0.2, -0.15) is 0 Å². The molecular formula is C12H22N2O3. The van der Waals surface area contributed by atoms with Gasteiger partial charge in [-0.25, -0.2) is 0 Å². The first-order valence-electron chi connectivity index (χ1n) is 6.37. The first-order chi connectivity index (χ1) is 7.92. The highest BCUT2D eigenvalue weighted by atomic mass is 16.3. The first kappa shape index (κ1) is 12.8. The van der Waals surface area contributed by atoms with Gasteiger partial charge < -0.3 is 20.8 Å². The molecule has 5 nitrogen and oxygen atoms in total. The molecule has 1 saturated carbocycles. The zero-order valence-corrected chi connectivity index (χ0v) is 10.3. The van der Waals surface area contributed by atoms with Gasteiger partial charge in [-0.05, 0) is 18.8 Å². The van der Waals surface area contributed by atoms with E-state index in [9.17, 15) is 15.0 Å². The Hall–Kier alpha value is -0.650. The van der Waals surface area contributed by atoms with Crippen LogP contribution >= 0.6 is 0 Å². The Kier molecular flexibility index (Phi) is 3.43.